The first kappa shape index (κ1) is 17.1. The first-order valence-electron chi connectivity index (χ1n) is 7.28. The van der Waals surface area contributed by atoms with Gasteiger partial charge in [-0.25, -0.2) is 0 Å². The molecule has 0 heterocycles. The van der Waals surface area contributed by atoms with Crippen LogP contribution in [0.3, 0.4) is 0 Å². The van der Waals surface area contributed by atoms with Crippen LogP contribution in [-0.2, 0) is 11.3 Å². The molecule has 0 radical (unpaired) electrons. The third-order valence-corrected chi connectivity index (χ3v) is 3.41. The third kappa shape index (κ3) is 4.63. The maximum atomic E-state index is 12.3. The lowest BCUT2D eigenvalue weighted by Gasteiger charge is -2.18. The molecule has 23 heavy (non-hydrogen) atoms. The molecule has 0 aliphatic heterocycles. The van der Waals surface area contributed by atoms with Crippen molar-refractivity contribution in [2.24, 2.45) is 0 Å². The molecule has 0 aliphatic rings. The van der Waals surface area contributed by atoms with Crippen LogP contribution >= 0.6 is 0 Å². The fourth-order valence-electron chi connectivity index (χ4n) is 2.15. The average molecular weight is 316 g/mol. The number of benzene rings is 2. The number of hydrogen-bond acceptors (Lipinski definition) is 5. The van der Waals surface area contributed by atoms with Crippen LogP contribution in [0.2, 0.25) is 0 Å². The summed E-state index contributed by atoms with van der Waals surface area (Å²) in [5.74, 6) is -0.243. The van der Waals surface area contributed by atoms with E-state index in [4.69, 9.17) is 9.47 Å². The highest BCUT2D eigenvalue weighted by molar-refractivity contribution is 6.02. The highest BCUT2D eigenvalue weighted by Gasteiger charge is 2.27. The second-order valence-corrected chi connectivity index (χ2v) is 5.08. The molecule has 2 aromatic rings. The number of hydrogen-bond donors (Lipinski definition) is 2. The van der Waals surface area contributed by atoms with Crippen molar-refractivity contribution in [1.82, 2.24) is 0 Å². The van der Waals surface area contributed by atoms with Crippen molar-refractivity contribution >= 4 is 5.78 Å². The van der Waals surface area contributed by atoms with Crippen molar-refractivity contribution < 1.29 is 24.5 Å². The smallest absolute Gasteiger partial charge is 0.197 e. The van der Waals surface area contributed by atoms with Gasteiger partial charge in [0.1, 0.15) is 18.0 Å². The number of methoxy groups -OCH3 is 1. The van der Waals surface area contributed by atoms with Crippen molar-refractivity contribution in [2.45, 2.75) is 18.8 Å². The molecule has 5 heteroatoms. The van der Waals surface area contributed by atoms with Gasteiger partial charge in [0, 0.05) is 0 Å². The van der Waals surface area contributed by atoms with Crippen LogP contribution in [0, 0.1) is 0 Å². The average Bonchev–Trinajstić information content (AvgIpc) is 2.61. The molecule has 2 N–H and O–H groups in total. The number of ketones is 1. The number of rotatable bonds is 8. The summed E-state index contributed by atoms with van der Waals surface area (Å²) in [5.41, 5.74) is 1.18. The van der Waals surface area contributed by atoms with Gasteiger partial charge in [0.2, 0.25) is 0 Å². The molecule has 0 spiro atoms. The summed E-state index contributed by atoms with van der Waals surface area (Å²) in [5, 5.41) is 20.0. The Balaban J connectivity index is 1.91. The van der Waals surface area contributed by atoms with E-state index in [-0.39, 0.29) is 12.2 Å². The van der Waals surface area contributed by atoms with E-state index in [1.807, 2.05) is 30.3 Å². The van der Waals surface area contributed by atoms with E-state index in [2.05, 4.69) is 0 Å². The summed E-state index contributed by atoms with van der Waals surface area (Å²) in [6.45, 7) is 0.157. The summed E-state index contributed by atoms with van der Waals surface area (Å²) in [6.07, 6.45) is -2.88. The number of Topliss-reactive ketones (excluding diaryl/α,β-unsaturated/α-hetero) is 1. The first-order chi connectivity index (χ1) is 11.1. The molecule has 0 amide bonds. The summed E-state index contributed by atoms with van der Waals surface area (Å²) in [7, 11) is 1.44. The van der Waals surface area contributed by atoms with Crippen LogP contribution in [0.15, 0.2) is 54.6 Å². The maximum Gasteiger partial charge on any atom is 0.197 e. The quantitative estimate of drug-likeness (QED) is 0.727. The van der Waals surface area contributed by atoms with Crippen molar-refractivity contribution in [3.05, 3.63) is 65.7 Å². The Morgan fingerprint density at radius 2 is 1.70 bits per heavy atom. The van der Waals surface area contributed by atoms with Crippen LogP contribution in [0.1, 0.15) is 15.9 Å². The summed E-state index contributed by atoms with van der Waals surface area (Å²) < 4.78 is 10.4. The Hall–Kier alpha value is -2.21. The summed E-state index contributed by atoms with van der Waals surface area (Å²) >= 11 is 0. The Labute approximate surface area is 135 Å². The maximum absolute atomic E-state index is 12.3. The van der Waals surface area contributed by atoms with E-state index in [1.54, 1.807) is 24.3 Å². The third-order valence-electron chi connectivity index (χ3n) is 3.41. The van der Waals surface area contributed by atoms with Crippen LogP contribution in [0.25, 0.3) is 0 Å². The minimum atomic E-state index is -1.57. The van der Waals surface area contributed by atoms with E-state index in [9.17, 15) is 15.0 Å². The number of carbonyl (C=O) groups excluding carboxylic acids is 1. The molecule has 0 saturated carbocycles. The van der Waals surface area contributed by atoms with Crippen LogP contribution in [-0.4, -0.2) is 41.9 Å². The molecule has 122 valence electrons. The summed E-state index contributed by atoms with van der Waals surface area (Å²) in [4.78, 5) is 12.3. The molecule has 0 aliphatic carbocycles. The molecule has 2 atom stereocenters. The number of para-hydroxylation sites is 1. The van der Waals surface area contributed by atoms with Crippen LogP contribution < -0.4 is 4.74 Å². The highest BCUT2D eigenvalue weighted by atomic mass is 16.5. The monoisotopic (exact) mass is 316 g/mol. The predicted octanol–water partition coefficient (Wildman–Crippen LogP) is 1.82. The van der Waals surface area contributed by atoms with Crippen molar-refractivity contribution in [3.8, 4) is 5.75 Å². The minimum Gasteiger partial charge on any atom is -0.496 e. The van der Waals surface area contributed by atoms with E-state index in [0.717, 1.165) is 5.56 Å². The lowest BCUT2D eigenvalue weighted by molar-refractivity contribution is -0.0317. The van der Waals surface area contributed by atoms with Gasteiger partial charge in [-0.1, -0.05) is 42.5 Å². The molecule has 0 aromatic heterocycles. The zero-order valence-corrected chi connectivity index (χ0v) is 12.9. The molecule has 2 rings (SSSR count). The normalized spacial score (nSPS) is 13.3. The second kappa shape index (κ2) is 8.43. The van der Waals surface area contributed by atoms with Gasteiger partial charge in [0.05, 0.1) is 25.9 Å². The second-order valence-electron chi connectivity index (χ2n) is 5.08. The minimum absolute atomic E-state index is 0.142. The molecular weight excluding hydrogens is 296 g/mol. The van der Waals surface area contributed by atoms with Gasteiger partial charge in [-0.3, -0.25) is 4.79 Å². The largest absolute Gasteiger partial charge is 0.496 e. The van der Waals surface area contributed by atoms with Gasteiger partial charge in [-0.2, -0.15) is 0 Å². The van der Waals surface area contributed by atoms with Crippen LogP contribution in [0.4, 0.5) is 0 Å². The van der Waals surface area contributed by atoms with Gasteiger partial charge in [-0.05, 0) is 17.7 Å². The van der Waals surface area contributed by atoms with E-state index in [1.165, 1.54) is 7.11 Å². The molecule has 2 aromatic carbocycles. The van der Waals surface area contributed by atoms with Crippen LogP contribution in [0.5, 0.6) is 5.75 Å². The Morgan fingerprint density at radius 1 is 1.04 bits per heavy atom. The Kier molecular flexibility index (Phi) is 6.29. The van der Waals surface area contributed by atoms with Gasteiger partial charge in [0.25, 0.3) is 0 Å². The molecular formula is C18H20O5. The predicted molar refractivity (Wildman–Crippen MR) is 85.4 cm³/mol. The topological polar surface area (TPSA) is 76.0 Å². The van der Waals surface area contributed by atoms with Gasteiger partial charge < -0.3 is 19.7 Å². The van der Waals surface area contributed by atoms with Gasteiger partial charge >= 0.3 is 0 Å². The highest BCUT2D eigenvalue weighted by Crippen LogP contribution is 2.20. The van der Waals surface area contributed by atoms with Crippen molar-refractivity contribution in [3.63, 3.8) is 0 Å². The molecule has 0 unspecified atom stereocenters. The molecule has 0 saturated heterocycles. The summed E-state index contributed by atoms with van der Waals surface area (Å²) in [6, 6.07) is 16.0. The zero-order chi connectivity index (χ0) is 16.7. The van der Waals surface area contributed by atoms with E-state index < -0.39 is 18.0 Å². The Bertz CT molecular complexity index is 626. The van der Waals surface area contributed by atoms with E-state index >= 15 is 0 Å². The number of ether oxygens (including phenoxy) is 2. The number of carbonyl (C=O) groups is 1. The van der Waals surface area contributed by atoms with Crippen molar-refractivity contribution in [2.75, 3.05) is 13.7 Å². The number of aliphatic hydroxyl groups excluding tert-OH is 2. The SMILES string of the molecule is COc1ccccc1C(=O)[C@H](O)[C@H](O)COCc1ccccc1. The van der Waals surface area contributed by atoms with E-state index in [0.29, 0.717) is 12.4 Å². The fraction of sp³-hybridized carbons (Fsp3) is 0.278. The van der Waals surface area contributed by atoms with Crippen molar-refractivity contribution in [1.29, 1.82) is 0 Å². The van der Waals surface area contributed by atoms with Gasteiger partial charge in [-0.15, -0.1) is 0 Å². The fourth-order valence-corrected chi connectivity index (χ4v) is 2.15. The first-order valence-corrected chi connectivity index (χ1v) is 7.28. The standard InChI is InChI=1S/C18H20O5/c1-22-16-10-6-5-9-14(16)17(20)18(21)15(19)12-23-11-13-7-3-2-4-8-13/h2-10,15,18-19,21H,11-12H2,1H3/t15-,18-/m1/s1. The molecule has 0 bridgehead atoms. The van der Waals surface area contributed by atoms with Gasteiger partial charge in [0.15, 0.2) is 5.78 Å². The molecule has 0 fully saturated rings. The zero-order valence-electron chi connectivity index (χ0n) is 12.9. The lowest BCUT2D eigenvalue weighted by atomic mass is 10.0. The molecule has 5 nitrogen and oxygen atoms in total. The Morgan fingerprint density at radius 3 is 2.39 bits per heavy atom. The number of aliphatic hydroxyl groups is 2. The lowest BCUT2D eigenvalue weighted by Crippen LogP contribution is -2.37.